The van der Waals surface area contributed by atoms with Gasteiger partial charge >= 0.3 is 0 Å². The topological polar surface area (TPSA) is 24.9 Å². The molecule has 1 N–H and O–H groups in total. The lowest BCUT2D eigenvalue weighted by Gasteiger charge is -2.08. The monoisotopic (exact) mass is 330 g/mol. The van der Waals surface area contributed by atoms with Crippen LogP contribution < -0.4 is 5.32 Å². The van der Waals surface area contributed by atoms with E-state index in [-0.39, 0.29) is 0 Å². The Kier molecular flexibility index (Phi) is 6.09. The third-order valence-electron chi connectivity index (χ3n) is 2.12. The summed E-state index contributed by atoms with van der Waals surface area (Å²) >= 11 is 9.05. The van der Waals surface area contributed by atoms with Crippen LogP contribution in [0.1, 0.15) is 6.92 Å². The average molecular weight is 332 g/mol. The molecule has 0 radical (unpaired) electrons. The Hall–Kier alpha value is -1.13. The third-order valence-corrected chi connectivity index (χ3v) is 3.11. The smallest absolute Gasteiger partial charge is 0.229 e. The largest absolute Gasteiger partial charge is 0.366 e. The van der Waals surface area contributed by atoms with Gasteiger partial charge in [-0.3, -0.25) is 0 Å². The van der Waals surface area contributed by atoms with Gasteiger partial charge < -0.3 is 5.32 Å². The molecule has 1 aromatic heterocycles. The van der Waals surface area contributed by atoms with Crippen molar-refractivity contribution in [3.63, 3.8) is 0 Å². The Morgan fingerprint density at radius 1 is 1.61 bits per heavy atom. The summed E-state index contributed by atoms with van der Waals surface area (Å²) in [6.07, 6.45) is 5.30. The molecule has 0 fully saturated rings. The summed E-state index contributed by atoms with van der Waals surface area (Å²) in [6, 6.07) is 3.28. The van der Waals surface area contributed by atoms with Gasteiger partial charge in [0.15, 0.2) is 0 Å². The first-order chi connectivity index (χ1) is 8.58. The molecule has 0 amide bonds. The Bertz CT molecular complexity index is 498. The summed E-state index contributed by atoms with van der Waals surface area (Å²) in [5, 5.41) is 3.55. The maximum Gasteiger partial charge on any atom is 0.229 e. The summed E-state index contributed by atoms with van der Waals surface area (Å²) < 4.78 is 13.5. The molecule has 0 aliphatic rings. The molecule has 18 heavy (non-hydrogen) atoms. The third kappa shape index (κ3) is 4.27. The van der Waals surface area contributed by atoms with Crippen LogP contribution in [0.2, 0.25) is 0 Å². The fourth-order valence-electron chi connectivity index (χ4n) is 1.26. The zero-order chi connectivity index (χ0) is 13.5. The Balaban J connectivity index is 2.79. The van der Waals surface area contributed by atoms with Crippen molar-refractivity contribution >= 4 is 33.3 Å². The second-order valence-electron chi connectivity index (χ2n) is 3.40. The predicted octanol–water partition coefficient (Wildman–Crippen LogP) is 4.65. The van der Waals surface area contributed by atoms with Crippen LogP contribution in [-0.2, 0) is 0 Å². The molecule has 0 saturated carbocycles. The van der Waals surface area contributed by atoms with Crippen molar-refractivity contribution in [2.45, 2.75) is 6.92 Å². The molecule has 1 heterocycles. The van der Waals surface area contributed by atoms with E-state index in [0.717, 1.165) is 5.57 Å². The fourth-order valence-corrected chi connectivity index (χ4v) is 1.61. The number of rotatable bonds is 5. The zero-order valence-corrected chi connectivity index (χ0v) is 12.2. The van der Waals surface area contributed by atoms with Gasteiger partial charge in [0.1, 0.15) is 5.82 Å². The van der Waals surface area contributed by atoms with Gasteiger partial charge in [-0.15, -0.1) is 0 Å². The van der Waals surface area contributed by atoms with E-state index in [1.165, 1.54) is 0 Å². The number of halogens is 3. The van der Waals surface area contributed by atoms with Gasteiger partial charge in [0.05, 0.1) is 4.47 Å². The van der Waals surface area contributed by atoms with Gasteiger partial charge in [0.25, 0.3) is 0 Å². The fraction of sp³-hybridized carbons (Fsp3) is 0.154. The summed E-state index contributed by atoms with van der Waals surface area (Å²) in [7, 11) is 0. The van der Waals surface area contributed by atoms with Gasteiger partial charge in [-0.25, -0.2) is 4.98 Å². The van der Waals surface area contributed by atoms with Crippen LogP contribution in [0, 0.1) is 5.95 Å². The second-order valence-corrected chi connectivity index (χ2v) is 4.66. The van der Waals surface area contributed by atoms with Gasteiger partial charge in [0, 0.05) is 11.6 Å². The first kappa shape index (κ1) is 14.9. The first-order valence-electron chi connectivity index (χ1n) is 5.28. The van der Waals surface area contributed by atoms with Crippen molar-refractivity contribution < 1.29 is 4.39 Å². The van der Waals surface area contributed by atoms with Crippen molar-refractivity contribution in [1.29, 1.82) is 0 Å². The summed E-state index contributed by atoms with van der Waals surface area (Å²) in [4.78, 5) is 3.75. The van der Waals surface area contributed by atoms with E-state index in [9.17, 15) is 4.39 Å². The van der Waals surface area contributed by atoms with Crippen LogP contribution in [0.15, 0.2) is 52.0 Å². The van der Waals surface area contributed by atoms with E-state index in [1.807, 2.05) is 19.1 Å². The minimum atomic E-state index is -0.550. The van der Waals surface area contributed by atoms with E-state index in [4.69, 9.17) is 11.6 Å². The SMILES string of the molecule is C=C/C(Cl)=C(\C=C/C)CNc1ccc(Br)c(F)n1. The molecular formula is C13H13BrClFN2. The van der Waals surface area contributed by atoms with E-state index in [0.29, 0.717) is 21.9 Å². The molecule has 0 unspecified atom stereocenters. The van der Waals surface area contributed by atoms with Crippen LogP contribution in [0.5, 0.6) is 0 Å². The van der Waals surface area contributed by atoms with Gasteiger partial charge in [-0.1, -0.05) is 36.4 Å². The highest BCUT2D eigenvalue weighted by atomic mass is 79.9. The van der Waals surface area contributed by atoms with Crippen molar-refractivity contribution in [3.05, 3.63) is 58.0 Å². The number of allylic oxidation sites excluding steroid dienone is 3. The lowest BCUT2D eigenvalue weighted by Crippen LogP contribution is -2.06. The molecule has 1 aromatic rings. The first-order valence-corrected chi connectivity index (χ1v) is 6.45. The zero-order valence-electron chi connectivity index (χ0n) is 9.88. The number of aromatic nitrogens is 1. The number of anilines is 1. The van der Waals surface area contributed by atoms with Crippen molar-refractivity contribution in [2.24, 2.45) is 0 Å². The summed E-state index contributed by atoms with van der Waals surface area (Å²) in [5.74, 6) is -0.0994. The van der Waals surface area contributed by atoms with E-state index >= 15 is 0 Å². The average Bonchev–Trinajstić information content (AvgIpc) is 2.37. The van der Waals surface area contributed by atoms with E-state index in [2.05, 4.69) is 32.8 Å². The molecule has 0 saturated heterocycles. The second kappa shape index (κ2) is 7.34. The lowest BCUT2D eigenvalue weighted by atomic mass is 10.2. The molecule has 5 heteroatoms. The highest BCUT2D eigenvalue weighted by Crippen LogP contribution is 2.17. The van der Waals surface area contributed by atoms with Crippen LogP contribution in [0.25, 0.3) is 0 Å². The van der Waals surface area contributed by atoms with Crippen LogP contribution in [0.3, 0.4) is 0 Å². The number of hydrogen-bond acceptors (Lipinski definition) is 2. The highest BCUT2D eigenvalue weighted by Gasteiger charge is 2.03. The Labute approximate surface area is 119 Å². The molecule has 0 aliphatic heterocycles. The molecule has 0 aliphatic carbocycles. The Morgan fingerprint density at radius 2 is 2.33 bits per heavy atom. The summed E-state index contributed by atoms with van der Waals surface area (Å²) in [5.41, 5.74) is 0.860. The number of hydrogen-bond donors (Lipinski definition) is 1. The minimum Gasteiger partial charge on any atom is -0.366 e. The minimum absolute atomic E-state index is 0.335. The number of pyridine rings is 1. The van der Waals surface area contributed by atoms with Gasteiger partial charge in [-0.2, -0.15) is 4.39 Å². The molecule has 0 spiro atoms. The lowest BCUT2D eigenvalue weighted by molar-refractivity contribution is 0.578. The van der Waals surface area contributed by atoms with Crippen LogP contribution in [-0.4, -0.2) is 11.5 Å². The Morgan fingerprint density at radius 3 is 2.89 bits per heavy atom. The molecule has 96 valence electrons. The van der Waals surface area contributed by atoms with Crippen molar-refractivity contribution in [3.8, 4) is 0 Å². The maximum atomic E-state index is 13.2. The molecule has 0 atom stereocenters. The molecule has 0 bridgehead atoms. The van der Waals surface area contributed by atoms with Crippen molar-refractivity contribution in [1.82, 2.24) is 4.98 Å². The van der Waals surface area contributed by atoms with Crippen LogP contribution >= 0.6 is 27.5 Å². The number of nitrogens with zero attached hydrogens (tertiary/aromatic N) is 1. The molecule has 2 nitrogen and oxygen atoms in total. The van der Waals surface area contributed by atoms with Crippen LogP contribution in [0.4, 0.5) is 10.2 Å². The van der Waals surface area contributed by atoms with E-state index < -0.39 is 5.95 Å². The highest BCUT2D eigenvalue weighted by molar-refractivity contribution is 9.10. The predicted molar refractivity (Wildman–Crippen MR) is 78.3 cm³/mol. The molecule has 1 rings (SSSR count). The van der Waals surface area contributed by atoms with Crippen molar-refractivity contribution in [2.75, 3.05) is 11.9 Å². The van der Waals surface area contributed by atoms with Gasteiger partial charge in [0.2, 0.25) is 5.95 Å². The standard InChI is InChI=1S/C13H13BrClFN2/c1-3-5-9(11(15)4-2)8-17-12-7-6-10(14)13(16)18-12/h3-7H,2,8H2,1H3,(H,17,18)/b5-3-,11-9-. The molecular weight excluding hydrogens is 319 g/mol. The maximum absolute atomic E-state index is 13.2. The van der Waals surface area contributed by atoms with E-state index in [1.54, 1.807) is 18.2 Å². The number of nitrogens with one attached hydrogen (secondary N) is 1. The molecule has 0 aromatic carbocycles. The normalized spacial score (nSPS) is 12.4. The summed E-state index contributed by atoms with van der Waals surface area (Å²) in [6.45, 7) is 5.95. The quantitative estimate of drug-likeness (QED) is 0.627. The van der Waals surface area contributed by atoms with Gasteiger partial charge in [-0.05, 0) is 40.6 Å².